The summed E-state index contributed by atoms with van der Waals surface area (Å²) in [6.07, 6.45) is 5.25. The fourth-order valence-corrected chi connectivity index (χ4v) is 4.00. The molecule has 0 saturated carbocycles. The van der Waals surface area contributed by atoms with Crippen molar-refractivity contribution in [2.24, 2.45) is 0 Å². The fourth-order valence-electron chi connectivity index (χ4n) is 4.00. The molecular weight excluding hydrogens is 432 g/mol. The summed E-state index contributed by atoms with van der Waals surface area (Å²) in [5.41, 5.74) is 4.90. The zero-order valence-electron chi connectivity index (χ0n) is 19.4. The van der Waals surface area contributed by atoms with Crippen molar-refractivity contribution in [1.82, 2.24) is 29.3 Å². The van der Waals surface area contributed by atoms with Crippen molar-refractivity contribution in [2.45, 2.75) is 20.4 Å². The van der Waals surface area contributed by atoms with Gasteiger partial charge in [-0.2, -0.15) is 5.10 Å². The molecule has 0 aromatic carbocycles. The van der Waals surface area contributed by atoms with Gasteiger partial charge in [0.25, 0.3) is 5.88 Å². The molecule has 0 amide bonds. The highest BCUT2D eigenvalue weighted by molar-refractivity contribution is 5.90. The monoisotopic (exact) mass is 456 g/mol. The summed E-state index contributed by atoms with van der Waals surface area (Å²) in [6.45, 7) is 4.46. The summed E-state index contributed by atoms with van der Waals surface area (Å²) in [6, 6.07) is 11.5. The Bertz CT molecular complexity index is 1490. The molecule has 0 spiro atoms. The molecule has 9 nitrogen and oxygen atoms in total. The third-order valence-corrected chi connectivity index (χ3v) is 5.73. The molecule has 9 heteroatoms. The van der Waals surface area contributed by atoms with E-state index in [1.54, 1.807) is 37.4 Å². The maximum Gasteiger partial charge on any atom is 0.256 e. The molecule has 0 fully saturated rings. The number of aromatic nitrogens is 6. The quantitative estimate of drug-likeness (QED) is 0.411. The van der Waals surface area contributed by atoms with Crippen LogP contribution in [0.5, 0.6) is 17.5 Å². The number of ether oxygens (including phenoxy) is 2. The minimum atomic E-state index is 0.0967. The molecule has 1 N–H and O–H groups in total. The second-order valence-corrected chi connectivity index (χ2v) is 7.97. The van der Waals surface area contributed by atoms with Crippen LogP contribution in [0.3, 0.4) is 0 Å². The Morgan fingerprint density at radius 2 is 1.88 bits per heavy atom. The molecule has 0 atom stereocenters. The Balaban J connectivity index is 1.55. The first kappa shape index (κ1) is 21.4. The van der Waals surface area contributed by atoms with E-state index < -0.39 is 0 Å². The zero-order valence-corrected chi connectivity index (χ0v) is 19.4. The second-order valence-electron chi connectivity index (χ2n) is 7.97. The van der Waals surface area contributed by atoms with Gasteiger partial charge in [-0.3, -0.25) is 14.2 Å². The molecule has 0 radical (unpaired) electrons. The molecule has 0 aliphatic carbocycles. The average molecular weight is 457 g/mol. The Morgan fingerprint density at radius 1 is 1.03 bits per heavy atom. The molecular formula is C25H24N6O3. The number of hydrogen-bond donors (Lipinski definition) is 1. The molecule has 5 aromatic heterocycles. The lowest BCUT2D eigenvalue weighted by atomic mass is 10.1. The van der Waals surface area contributed by atoms with Gasteiger partial charge in [-0.1, -0.05) is 6.07 Å². The molecule has 5 rings (SSSR count). The van der Waals surface area contributed by atoms with Gasteiger partial charge in [-0.15, -0.1) is 0 Å². The Hall–Kier alpha value is -4.40. The van der Waals surface area contributed by atoms with Crippen LogP contribution in [0, 0.1) is 13.8 Å². The first-order chi connectivity index (χ1) is 16.5. The number of methoxy groups -OCH3 is 2. The first-order valence-electron chi connectivity index (χ1n) is 10.7. The van der Waals surface area contributed by atoms with Crippen molar-refractivity contribution < 1.29 is 14.6 Å². The van der Waals surface area contributed by atoms with E-state index in [1.165, 1.54) is 0 Å². The van der Waals surface area contributed by atoms with Crippen LogP contribution in [0.2, 0.25) is 0 Å². The fraction of sp³-hybridized carbons (Fsp3) is 0.200. The maximum absolute atomic E-state index is 11.0. The maximum atomic E-state index is 11.0. The summed E-state index contributed by atoms with van der Waals surface area (Å²) >= 11 is 0. The number of hydrogen-bond acceptors (Lipinski definition) is 7. The van der Waals surface area contributed by atoms with E-state index in [9.17, 15) is 5.11 Å². The van der Waals surface area contributed by atoms with Crippen molar-refractivity contribution in [2.75, 3.05) is 14.2 Å². The van der Waals surface area contributed by atoms with E-state index in [2.05, 4.69) is 9.97 Å². The summed E-state index contributed by atoms with van der Waals surface area (Å²) in [4.78, 5) is 13.5. The number of nitrogens with zero attached hydrogens (tertiary/aromatic N) is 6. The number of pyridine rings is 3. The molecule has 5 aromatic rings. The first-order valence-corrected chi connectivity index (χ1v) is 10.7. The minimum Gasteiger partial charge on any atom is -0.494 e. The van der Waals surface area contributed by atoms with Crippen LogP contribution in [-0.4, -0.2) is 48.6 Å². The SMILES string of the molecule is COc1cc(-c2cc(C)c3c(O)n(-c4cc(C)n(Cc5ccccn5)n4)cc3n2)cnc1OC. The van der Waals surface area contributed by atoms with Crippen molar-refractivity contribution in [3.8, 4) is 34.6 Å². The molecule has 0 unspecified atom stereocenters. The largest absolute Gasteiger partial charge is 0.494 e. The van der Waals surface area contributed by atoms with Crippen LogP contribution < -0.4 is 9.47 Å². The highest BCUT2D eigenvalue weighted by atomic mass is 16.5. The predicted octanol–water partition coefficient (Wildman–Crippen LogP) is 4.07. The van der Waals surface area contributed by atoms with E-state index >= 15 is 0 Å². The van der Waals surface area contributed by atoms with E-state index in [0.29, 0.717) is 40.6 Å². The predicted molar refractivity (Wildman–Crippen MR) is 128 cm³/mol. The van der Waals surface area contributed by atoms with E-state index in [-0.39, 0.29) is 5.88 Å². The van der Waals surface area contributed by atoms with E-state index in [4.69, 9.17) is 19.6 Å². The number of aromatic hydroxyl groups is 1. The minimum absolute atomic E-state index is 0.0967. The highest BCUT2D eigenvalue weighted by Gasteiger charge is 2.18. The standard InChI is InChI=1S/C25H24N6O3/c1-15-9-19(17-11-21(33-3)24(34-4)27-12-17)28-20-14-30(25(32)23(15)20)22-10-16(2)31(29-22)13-18-7-5-6-8-26-18/h5-12,14,32H,13H2,1-4H3. The van der Waals surface area contributed by atoms with Crippen LogP contribution in [0.4, 0.5) is 0 Å². The second kappa shape index (κ2) is 8.51. The molecule has 34 heavy (non-hydrogen) atoms. The lowest BCUT2D eigenvalue weighted by Crippen LogP contribution is -2.05. The van der Waals surface area contributed by atoms with E-state index in [1.807, 2.05) is 54.9 Å². The van der Waals surface area contributed by atoms with E-state index in [0.717, 1.165) is 22.5 Å². The third-order valence-electron chi connectivity index (χ3n) is 5.73. The summed E-state index contributed by atoms with van der Waals surface area (Å²) < 4.78 is 14.1. The van der Waals surface area contributed by atoms with Gasteiger partial charge in [0.2, 0.25) is 5.88 Å². The van der Waals surface area contributed by atoms with Crippen molar-refractivity contribution in [3.05, 3.63) is 71.9 Å². The summed E-state index contributed by atoms with van der Waals surface area (Å²) in [5, 5.41) is 16.4. The number of rotatable bonds is 6. The van der Waals surface area contributed by atoms with Gasteiger partial charge >= 0.3 is 0 Å². The third kappa shape index (κ3) is 3.71. The van der Waals surface area contributed by atoms with Gasteiger partial charge in [0.15, 0.2) is 11.6 Å². The van der Waals surface area contributed by atoms with Gasteiger partial charge in [0.1, 0.15) is 0 Å². The van der Waals surface area contributed by atoms with Crippen molar-refractivity contribution >= 4 is 10.9 Å². The normalized spacial score (nSPS) is 11.2. The average Bonchev–Trinajstić information content (AvgIpc) is 3.38. The Morgan fingerprint density at radius 3 is 2.62 bits per heavy atom. The van der Waals surface area contributed by atoms with Gasteiger partial charge in [0, 0.05) is 35.9 Å². The molecule has 0 bridgehead atoms. The molecule has 0 aliphatic rings. The summed E-state index contributed by atoms with van der Waals surface area (Å²) in [7, 11) is 3.11. The van der Waals surface area contributed by atoms with Crippen molar-refractivity contribution in [1.29, 1.82) is 0 Å². The van der Waals surface area contributed by atoms with Crippen LogP contribution in [0.1, 0.15) is 17.0 Å². The van der Waals surface area contributed by atoms with Gasteiger partial charge in [-0.05, 0) is 43.7 Å². The van der Waals surface area contributed by atoms with Crippen molar-refractivity contribution in [3.63, 3.8) is 0 Å². The highest BCUT2D eigenvalue weighted by Crippen LogP contribution is 2.35. The Labute approximate surface area is 196 Å². The smallest absolute Gasteiger partial charge is 0.256 e. The van der Waals surface area contributed by atoms with Crippen LogP contribution >= 0.6 is 0 Å². The lowest BCUT2D eigenvalue weighted by molar-refractivity contribution is 0.343. The molecule has 0 aliphatic heterocycles. The lowest BCUT2D eigenvalue weighted by Gasteiger charge is -2.09. The molecule has 172 valence electrons. The van der Waals surface area contributed by atoms with Crippen LogP contribution in [-0.2, 0) is 6.54 Å². The Kier molecular flexibility index (Phi) is 5.37. The number of aryl methyl sites for hydroxylation is 2. The van der Waals surface area contributed by atoms with Gasteiger partial charge in [0.05, 0.1) is 43.1 Å². The number of fused-ring (bicyclic) bond motifs is 1. The van der Waals surface area contributed by atoms with Gasteiger partial charge in [-0.25, -0.2) is 9.97 Å². The zero-order chi connectivity index (χ0) is 23.8. The topological polar surface area (TPSA) is 100 Å². The molecule has 0 saturated heterocycles. The molecule has 5 heterocycles. The van der Waals surface area contributed by atoms with Crippen LogP contribution in [0.15, 0.2) is 55.0 Å². The van der Waals surface area contributed by atoms with Crippen LogP contribution in [0.25, 0.3) is 28.0 Å². The summed E-state index contributed by atoms with van der Waals surface area (Å²) in [5.74, 6) is 1.63. The van der Waals surface area contributed by atoms with Gasteiger partial charge < -0.3 is 14.6 Å².